The number of carbonyl (C=O) groups excluding carboxylic acids is 1. The first-order valence-electron chi connectivity index (χ1n) is 6.85. The number of nitrogens with one attached hydrogen (secondary N) is 1. The fourth-order valence-electron chi connectivity index (χ4n) is 2.25. The molecule has 1 aliphatic heterocycles. The second kappa shape index (κ2) is 5.86. The molecule has 1 N–H and O–H groups in total. The van der Waals surface area contributed by atoms with Crippen LogP contribution in [0.15, 0.2) is 0 Å². The fourth-order valence-corrected chi connectivity index (χ4v) is 2.89. The molecule has 2 heterocycles. The number of amides is 1. The smallest absolute Gasteiger partial charge is 0.222 e. The lowest BCUT2D eigenvalue weighted by molar-refractivity contribution is -0.131. The second-order valence-electron chi connectivity index (χ2n) is 5.81. The molecule has 2 rings (SSSR count). The van der Waals surface area contributed by atoms with Gasteiger partial charge in [-0.1, -0.05) is 18.3 Å². The van der Waals surface area contributed by atoms with Gasteiger partial charge in [0.25, 0.3) is 0 Å². The summed E-state index contributed by atoms with van der Waals surface area (Å²) in [7, 11) is 0. The second-order valence-corrected chi connectivity index (χ2v) is 6.56. The van der Waals surface area contributed by atoms with E-state index in [4.69, 9.17) is 0 Å². The van der Waals surface area contributed by atoms with Crippen LogP contribution in [0.1, 0.15) is 45.7 Å². The van der Waals surface area contributed by atoms with E-state index in [0.29, 0.717) is 13.0 Å². The molecule has 0 bridgehead atoms. The molecule has 0 saturated carbocycles. The average molecular weight is 282 g/mol. The van der Waals surface area contributed by atoms with Crippen molar-refractivity contribution < 1.29 is 4.79 Å². The van der Waals surface area contributed by atoms with Crippen molar-refractivity contribution in [2.75, 3.05) is 18.4 Å². The lowest BCUT2D eigenvalue weighted by Gasteiger charge is -2.23. The Morgan fingerprint density at radius 3 is 2.95 bits per heavy atom. The summed E-state index contributed by atoms with van der Waals surface area (Å²) in [5, 5.41) is 8.38. The molecule has 5 nitrogen and oxygen atoms in total. The summed E-state index contributed by atoms with van der Waals surface area (Å²) in [6.45, 7) is 8.75. The van der Waals surface area contributed by atoms with E-state index in [-0.39, 0.29) is 11.3 Å². The normalized spacial score (nSPS) is 19.3. The molecular weight excluding hydrogens is 260 g/mol. The third-order valence-electron chi connectivity index (χ3n) is 3.66. The maximum atomic E-state index is 12.2. The van der Waals surface area contributed by atoms with Gasteiger partial charge in [-0.15, -0.1) is 5.10 Å². The summed E-state index contributed by atoms with van der Waals surface area (Å²) >= 11 is 1.36. The van der Waals surface area contributed by atoms with Crippen molar-refractivity contribution in [3.05, 3.63) is 5.69 Å². The van der Waals surface area contributed by atoms with Crippen LogP contribution in [-0.4, -0.2) is 33.5 Å². The van der Waals surface area contributed by atoms with Crippen LogP contribution in [0.25, 0.3) is 0 Å². The van der Waals surface area contributed by atoms with Crippen molar-refractivity contribution in [1.82, 2.24) is 14.5 Å². The number of aromatic nitrogens is 2. The van der Waals surface area contributed by atoms with E-state index in [9.17, 15) is 4.79 Å². The van der Waals surface area contributed by atoms with Crippen LogP contribution in [-0.2, 0) is 11.3 Å². The number of anilines is 1. The third kappa shape index (κ3) is 3.65. The van der Waals surface area contributed by atoms with Crippen LogP contribution >= 0.6 is 11.5 Å². The molecule has 19 heavy (non-hydrogen) atoms. The summed E-state index contributed by atoms with van der Waals surface area (Å²) in [5.41, 5.74) is 1.15. The van der Waals surface area contributed by atoms with Gasteiger partial charge in [-0.25, -0.2) is 0 Å². The number of likely N-dealkylation sites (tertiary alicyclic amines) is 1. The highest BCUT2D eigenvalue weighted by atomic mass is 32.1. The van der Waals surface area contributed by atoms with Crippen LogP contribution in [0.4, 0.5) is 5.00 Å². The standard InChI is InChI=1S/C13H22N4OS/c1-4-14-12-10(15-16-19-12)9-17-8-7-13(2,3)6-5-11(17)18/h14H,4-9H2,1-3H3. The van der Waals surface area contributed by atoms with Gasteiger partial charge in [0.2, 0.25) is 5.91 Å². The predicted molar refractivity (Wildman–Crippen MR) is 77.1 cm³/mol. The van der Waals surface area contributed by atoms with Gasteiger partial charge in [-0.3, -0.25) is 4.79 Å². The number of hydrogen-bond donors (Lipinski definition) is 1. The zero-order valence-corrected chi connectivity index (χ0v) is 12.7. The van der Waals surface area contributed by atoms with Gasteiger partial charge in [0.05, 0.1) is 6.54 Å². The van der Waals surface area contributed by atoms with Crippen molar-refractivity contribution in [3.63, 3.8) is 0 Å². The van der Waals surface area contributed by atoms with Crippen molar-refractivity contribution in [2.45, 2.75) is 46.6 Å². The van der Waals surface area contributed by atoms with Gasteiger partial charge >= 0.3 is 0 Å². The molecule has 0 aliphatic carbocycles. The fraction of sp³-hybridized carbons (Fsp3) is 0.769. The molecule has 0 unspecified atom stereocenters. The number of hydrogen-bond acceptors (Lipinski definition) is 5. The van der Waals surface area contributed by atoms with Gasteiger partial charge in [-0.2, -0.15) is 0 Å². The van der Waals surface area contributed by atoms with Gasteiger partial charge in [0.15, 0.2) is 0 Å². The first-order valence-corrected chi connectivity index (χ1v) is 7.62. The van der Waals surface area contributed by atoms with Crippen LogP contribution in [0.2, 0.25) is 0 Å². The zero-order valence-electron chi connectivity index (χ0n) is 11.9. The monoisotopic (exact) mass is 282 g/mol. The Hall–Kier alpha value is -1.17. The maximum absolute atomic E-state index is 12.2. The van der Waals surface area contributed by atoms with E-state index in [1.54, 1.807) is 0 Å². The largest absolute Gasteiger partial charge is 0.374 e. The van der Waals surface area contributed by atoms with E-state index >= 15 is 0 Å². The van der Waals surface area contributed by atoms with E-state index < -0.39 is 0 Å². The van der Waals surface area contributed by atoms with Gasteiger partial charge in [0.1, 0.15) is 10.7 Å². The summed E-state index contributed by atoms with van der Waals surface area (Å²) in [4.78, 5) is 14.1. The Morgan fingerprint density at radius 2 is 2.21 bits per heavy atom. The molecule has 1 aliphatic rings. The Bertz CT molecular complexity index is 444. The number of nitrogens with zero attached hydrogens (tertiary/aromatic N) is 3. The van der Waals surface area contributed by atoms with Crippen LogP contribution in [0, 0.1) is 5.41 Å². The lowest BCUT2D eigenvalue weighted by atomic mass is 9.85. The van der Waals surface area contributed by atoms with E-state index in [1.165, 1.54) is 11.5 Å². The molecule has 0 aromatic carbocycles. The number of rotatable bonds is 4. The first-order chi connectivity index (χ1) is 9.02. The minimum atomic E-state index is 0.237. The van der Waals surface area contributed by atoms with Crippen molar-refractivity contribution >= 4 is 22.4 Å². The molecular formula is C13H22N4OS. The molecule has 6 heteroatoms. The highest BCUT2D eigenvalue weighted by Gasteiger charge is 2.28. The average Bonchev–Trinajstić information content (AvgIpc) is 2.74. The number of carbonyl (C=O) groups is 1. The molecule has 1 amide bonds. The molecule has 0 radical (unpaired) electrons. The minimum absolute atomic E-state index is 0.237. The van der Waals surface area contributed by atoms with Crippen LogP contribution in [0.5, 0.6) is 0 Å². The summed E-state index contributed by atoms with van der Waals surface area (Å²) in [6, 6.07) is 0. The summed E-state index contributed by atoms with van der Waals surface area (Å²) < 4.78 is 3.97. The molecule has 1 fully saturated rings. The van der Waals surface area contributed by atoms with Gasteiger partial charge in [0, 0.05) is 31.0 Å². The maximum Gasteiger partial charge on any atom is 0.222 e. The van der Waals surface area contributed by atoms with Crippen LogP contribution < -0.4 is 5.32 Å². The van der Waals surface area contributed by atoms with Gasteiger partial charge in [-0.05, 0) is 25.2 Å². The predicted octanol–water partition coefficient (Wildman–Crippen LogP) is 2.51. The van der Waals surface area contributed by atoms with Crippen molar-refractivity contribution in [2.24, 2.45) is 5.41 Å². The quantitative estimate of drug-likeness (QED) is 0.922. The zero-order chi connectivity index (χ0) is 13.9. The molecule has 0 spiro atoms. The topological polar surface area (TPSA) is 58.1 Å². The third-order valence-corrected chi connectivity index (χ3v) is 4.39. The summed E-state index contributed by atoms with van der Waals surface area (Å²) in [6.07, 6.45) is 2.66. The lowest BCUT2D eigenvalue weighted by Crippen LogP contribution is -2.30. The van der Waals surface area contributed by atoms with Crippen LogP contribution in [0.3, 0.4) is 0 Å². The van der Waals surface area contributed by atoms with E-state index in [1.807, 2.05) is 11.8 Å². The SMILES string of the molecule is CCNc1snnc1CN1CCC(C)(C)CCC1=O. The Labute approximate surface area is 118 Å². The van der Waals surface area contributed by atoms with Crippen molar-refractivity contribution in [3.8, 4) is 0 Å². The minimum Gasteiger partial charge on any atom is -0.374 e. The van der Waals surface area contributed by atoms with Crippen molar-refractivity contribution in [1.29, 1.82) is 0 Å². The Balaban J connectivity index is 2.05. The molecule has 106 valence electrons. The Morgan fingerprint density at radius 1 is 1.42 bits per heavy atom. The highest BCUT2D eigenvalue weighted by Crippen LogP contribution is 2.31. The molecule has 0 atom stereocenters. The van der Waals surface area contributed by atoms with E-state index in [0.717, 1.165) is 36.6 Å². The first kappa shape index (κ1) is 14.2. The van der Waals surface area contributed by atoms with E-state index in [2.05, 4.69) is 28.8 Å². The molecule has 1 aromatic rings. The summed E-state index contributed by atoms with van der Waals surface area (Å²) in [5.74, 6) is 0.237. The highest BCUT2D eigenvalue weighted by molar-refractivity contribution is 7.10. The van der Waals surface area contributed by atoms with Gasteiger partial charge < -0.3 is 10.2 Å². The molecule has 1 saturated heterocycles. The molecule has 1 aromatic heterocycles. The Kier molecular flexibility index (Phi) is 4.39.